The summed E-state index contributed by atoms with van der Waals surface area (Å²) >= 11 is 0. The Kier molecular flexibility index (Phi) is 8.98. The van der Waals surface area contributed by atoms with Crippen LogP contribution in [0.3, 0.4) is 0 Å². The van der Waals surface area contributed by atoms with Crippen molar-refractivity contribution in [3.05, 3.63) is 191 Å². The Morgan fingerprint density at radius 2 is 1.29 bits per heavy atom. The number of benzene rings is 8. The summed E-state index contributed by atoms with van der Waals surface area (Å²) in [6, 6.07) is 52.9. The fraction of sp³-hybridized carbons (Fsp3) is 0.235. The largest absolute Gasteiger partial charge is 0.456 e. The van der Waals surface area contributed by atoms with E-state index in [1.165, 1.54) is 107 Å². The maximum absolute atomic E-state index is 6.67. The van der Waals surface area contributed by atoms with Crippen LogP contribution in [-0.4, -0.2) is 18.9 Å². The number of nitrogens with zero attached hydrogens (tertiary/aromatic N) is 2. The number of allylic oxidation sites excluding steroid dienone is 2. The van der Waals surface area contributed by atoms with E-state index in [0.29, 0.717) is 0 Å². The second kappa shape index (κ2) is 14.8. The number of rotatable bonds is 4. The Balaban J connectivity index is 1.04. The molecule has 358 valence electrons. The van der Waals surface area contributed by atoms with E-state index in [2.05, 4.69) is 230 Å². The van der Waals surface area contributed by atoms with Crippen molar-refractivity contribution in [2.75, 3.05) is 17.3 Å². The lowest BCUT2D eigenvalue weighted by atomic mass is 9.58. The minimum absolute atomic E-state index is 0.0549. The van der Waals surface area contributed by atoms with E-state index >= 15 is 0 Å². The molecule has 10 aromatic rings. The molecule has 0 unspecified atom stereocenters. The van der Waals surface area contributed by atoms with Gasteiger partial charge in [-0.25, -0.2) is 0 Å². The van der Waals surface area contributed by atoms with Gasteiger partial charge in [0, 0.05) is 79.5 Å². The Morgan fingerprint density at radius 1 is 0.589 bits per heavy atom. The number of furan rings is 1. The second-order valence-electron chi connectivity index (χ2n) is 24.7. The zero-order valence-corrected chi connectivity index (χ0v) is 44.0. The van der Waals surface area contributed by atoms with Crippen LogP contribution in [0.25, 0.3) is 83.0 Å². The molecule has 4 heterocycles. The van der Waals surface area contributed by atoms with Gasteiger partial charge < -0.3 is 19.2 Å². The summed E-state index contributed by atoms with van der Waals surface area (Å²) in [5.41, 5.74) is 28.3. The van der Waals surface area contributed by atoms with E-state index < -0.39 is 0 Å². The van der Waals surface area contributed by atoms with Crippen LogP contribution in [0.4, 0.5) is 17.1 Å². The highest BCUT2D eigenvalue weighted by molar-refractivity contribution is 6.73. The van der Waals surface area contributed by atoms with Gasteiger partial charge in [-0.2, -0.15) is 0 Å². The van der Waals surface area contributed by atoms with Crippen molar-refractivity contribution < 1.29 is 4.42 Å². The fourth-order valence-corrected chi connectivity index (χ4v) is 13.5. The van der Waals surface area contributed by atoms with Gasteiger partial charge in [-0.1, -0.05) is 159 Å². The molecule has 2 aliphatic carbocycles. The smallest absolute Gasteiger partial charge is 0.198 e. The average Bonchev–Trinajstić information content (AvgIpc) is 3.97. The maximum atomic E-state index is 6.67. The second-order valence-corrected chi connectivity index (χ2v) is 24.7. The molecule has 1 N–H and O–H groups in total. The van der Waals surface area contributed by atoms with E-state index in [4.69, 9.17) is 11.0 Å². The van der Waals surface area contributed by atoms with Gasteiger partial charge in [0.15, 0.2) is 7.28 Å². The van der Waals surface area contributed by atoms with Crippen molar-refractivity contribution >= 4 is 90.3 Å². The summed E-state index contributed by atoms with van der Waals surface area (Å²) < 4.78 is 9.23. The van der Waals surface area contributed by atoms with Gasteiger partial charge in [0.1, 0.15) is 11.2 Å². The predicted molar refractivity (Wildman–Crippen MR) is 313 cm³/mol. The molecule has 5 heteroatoms. The predicted octanol–water partition coefficient (Wildman–Crippen LogP) is 16.3. The summed E-state index contributed by atoms with van der Waals surface area (Å²) in [5, 5.41) is 8.83. The molecule has 0 fully saturated rings. The van der Waals surface area contributed by atoms with Gasteiger partial charge in [0.25, 0.3) is 0 Å². The Labute approximate surface area is 430 Å². The standard InChI is InChI=1S/C68H62BN3O/c1-38-29-57(39-17-13-12-14-18-39)71(11)58-36-60-55(33-45(38)58)69-63-43(25-26-44-49-31-50-42-19-15-16-20-61(42)73-62(50)37-59(49)72(60)64(44)63)48-30-46-47-32-53-54(67(7,8)28-27-66(53,5)6)34-51(47)68(9,10)52(46)35-56(48)70-41-23-21-40(22-24-41)65(2,3)4/h12-26,29-37,69-70H,1,27-28H2,2-11H3. The third-order valence-electron chi connectivity index (χ3n) is 17.9. The molecule has 0 atom stereocenters. The van der Waals surface area contributed by atoms with Crippen LogP contribution in [0.1, 0.15) is 114 Å². The quantitative estimate of drug-likeness (QED) is 0.179. The van der Waals surface area contributed by atoms with Crippen molar-refractivity contribution in [2.24, 2.45) is 0 Å². The van der Waals surface area contributed by atoms with Gasteiger partial charge in [-0.05, 0) is 145 Å². The van der Waals surface area contributed by atoms with Gasteiger partial charge in [0.2, 0.25) is 0 Å². The van der Waals surface area contributed by atoms with Crippen molar-refractivity contribution in [1.82, 2.24) is 4.57 Å². The van der Waals surface area contributed by atoms with E-state index in [-0.39, 0.29) is 21.7 Å². The first-order valence-electron chi connectivity index (χ1n) is 26.4. The van der Waals surface area contributed by atoms with Crippen molar-refractivity contribution in [2.45, 2.75) is 96.8 Å². The Bertz CT molecular complexity index is 4110. The number of anilines is 3. The number of nitrogens with one attached hydrogen (secondary N) is 1. The molecular weight excluding hydrogens is 886 g/mol. The first kappa shape index (κ1) is 44.2. The lowest BCUT2D eigenvalue weighted by molar-refractivity contribution is 0.331. The van der Waals surface area contributed by atoms with Crippen LogP contribution < -0.4 is 21.1 Å². The molecule has 0 saturated heterocycles. The van der Waals surface area contributed by atoms with Crippen LogP contribution in [0.5, 0.6) is 0 Å². The Morgan fingerprint density at radius 3 is 2.04 bits per heavy atom. The van der Waals surface area contributed by atoms with Gasteiger partial charge >= 0.3 is 0 Å². The van der Waals surface area contributed by atoms with Crippen molar-refractivity contribution in [3.8, 4) is 27.9 Å². The number of fused-ring (bicyclic) bond motifs is 13. The molecule has 0 amide bonds. The normalized spacial score (nSPS) is 16.8. The molecule has 0 spiro atoms. The molecule has 0 saturated carbocycles. The molecule has 2 aromatic heterocycles. The lowest BCUT2D eigenvalue weighted by Gasteiger charge is -2.42. The van der Waals surface area contributed by atoms with Crippen LogP contribution in [0.2, 0.25) is 0 Å². The zero-order chi connectivity index (χ0) is 50.2. The van der Waals surface area contributed by atoms with Gasteiger partial charge in [0.05, 0.1) is 11.2 Å². The number of para-hydroxylation sites is 1. The topological polar surface area (TPSA) is 33.3 Å². The molecule has 4 nitrogen and oxygen atoms in total. The zero-order valence-electron chi connectivity index (χ0n) is 44.0. The maximum Gasteiger partial charge on any atom is 0.198 e. The highest BCUT2D eigenvalue weighted by Gasteiger charge is 2.43. The fourth-order valence-electron chi connectivity index (χ4n) is 13.5. The Hall–Kier alpha value is -7.50. The van der Waals surface area contributed by atoms with Crippen LogP contribution in [0, 0.1) is 0 Å². The highest BCUT2D eigenvalue weighted by atomic mass is 16.3. The van der Waals surface area contributed by atoms with E-state index in [0.717, 1.165) is 63.1 Å². The minimum Gasteiger partial charge on any atom is -0.456 e. The number of hydrogen-bond acceptors (Lipinski definition) is 3. The summed E-state index contributed by atoms with van der Waals surface area (Å²) in [6.45, 7) is 26.3. The first-order chi connectivity index (χ1) is 34.9. The molecule has 0 bridgehead atoms. The molecule has 2 aliphatic heterocycles. The average molecular weight is 948 g/mol. The molecule has 73 heavy (non-hydrogen) atoms. The SMILES string of the molecule is C=C1C=C(c2ccccc2)N(C)c2cc3c(cc21)Bc1c(-c2cc4c(cc2Nc2ccc(C(C)(C)C)cc2)C(C)(C)c2cc5c(cc2-4)C(C)(C)CCC5(C)C)ccc2c4cc5c(cc4n-3c12)oc1ccccc15. The van der Waals surface area contributed by atoms with E-state index in [1.54, 1.807) is 0 Å². The van der Waals surface area contributed by atoms with Crippen LogP contribution in [-0.2, 0) is 21.7 Å². The lowest BCUT2D eigenvalue weighted by Crippen LogP contribution is -2.38. The summed E-state index contributed by atoms with van der Waals surface area (Å²) in [4.78, 5) is 2.35. The van der Waals surface area contributed by atoms with Gasteiger partial charge in [-0.3, -0.25) is 0 Å². The van der Waals surface area contributed by atoms with Crippen molar-refractivity contribution in [1.29, 1.82) is 0 Å². The third-order valence-corrected chi connectivity index (χ3v) is 17.9. The van der Waals surface area contributed by atoms with E-state index in [9.17, 15) is 0 Å². The molecule has 8 aromatic carbocycles. The molecule has 4 aliphatic rings. The summed E-state index contributed by atoms with van der Waals surface area (Å²) in [7, 11) is 2.97. The molecule has 0 radical (unpaired) electrons. The number of hydrogen-bond donors (Lipinski definition) is 1. The third kappa shape index (κ3) is 6.33. The summed E-state index contributed by atoms with van der Waals surface area (Å²) in [6.07, 6.45) is 4.63. The van der Waals surface area contributed by atoms with E-state index in [1.807, 2.05) is 0 Å². The van der Waals surface area contributed by atoms with Gasteiger partial charge in [-0.15, -0.1) is 0 Å². The van der Waals surface area contributed by atoms with Crippen LogP contribution in [0.15, 0.2) is 157 Å². The first-order valence-corrected chi connectivity index (χ1v) is 26.4. The highest BCUT2D eigenvalue weighted by Crippen LogP contribution is 2.56. The summed E-state index contributed by atoms with van der Waals surface area (Å²) in [5.74, 6) is 0. The monoisotopic (exact) mass is 947 g/mol. The number of aromatic nitrogens is 1. The van der Waals surface area contributed by atoms with Crippen molar-refractivity contribution in [3.63, 3.8) is 0 Å². The minimum atomic E-state index is -0.198. The van der Waals surface area contributed by atoms with Crippen LogP contribution >= 0.6 is 0 Å². The molecular formula is C68H62BN3O. The molecule has 14 rings (SSSR count).